The number of carbonyl (C=O) groups excluding carboxylic acids is 2. The monoisotopic (exact) mass is 582 g/mol. The Balaban J connectivity index is 1.81. The zero-order valence-electron chi connectivity index (χ0n) is 18.9. The summed E-state index contributed by atoms with van der Waals surface area (Å²) in [7, 11) is 3.52. The number of halogens is 2. The molecule has 0 bridgehead atoms. The summed E-state index contributed by atoms with van der Waals surface area (Å²) in [6, 6.07) is 8.94. The highest BCUT2D eigenvalue weighted by Crippen LogP contribution is 2.34. The summed E-state index contributed by atoms with van der Waals surface area (Å²) in [4.78, 5) is 26.6. The Morgan fingerprint density at radius 1 is 1.12 bits per heavy atom. The van der Waals surface area contributed by atoms with Crippen molar-refractivity contribution >= 4 is 49.4 Å². The largest absolute Gasteiger partial charge is 0.493 e. The number of nitrogens with one attached hydrogen (secondary N) is 1. The molecule has 1 aliphatic carbocycles. The maximum absolute atomic E-state index is 13.1. The van der Waals surface area contributed by atoms with Gasteiger partial charge in [-0.1, -0.05) is 15.9 Å². The maximum Gasteiger partial charge on any atom is 0.308 e. The van der Waals surface area contributed by atoms with Gasteiger partial charge in [0.05, 0.1) is 18.9 Å². The number of ether oxygens (including phenoxy) is 2. The van der Waals surface area contributed by atoms with E-state index in [1.807, 2.05) is 12.1 Å². The summed E-state index contributed by atoms with van der Waals surface area (Å²) < 4.78 is 12.1. The summed E-state index contributed by atoms with van der Waals surface area (Å²) >= 11 is 7.13. The molecule has 1 amide bonds. The minimum Gasteiger partial charge on any atom is -0.493 e. The lowest BCUT2D eigenvalue weighted by Gasteiger charge is -2.33. The average Bonchev–Trinajstić information content (AvgIpc) is 2.76. The van der Waals surface area contributed by atoms with Crippen molar-refractivity contribution in [3.63, 3.8) is 0 Å². The molecule has 7 nitrogen and oxygen atoms in total. The van der Waals surface area contributed by atoms with Crippen LogP contribution in [0.1, 0.15) is 48.5 Å². The number of methoxy groups -OCH3 is 1. The van der Waals surface area contributed by atoms with Gasteiger partial charge in [-0.2, -0.15) is 0 Å². The van der Waals surface area contributed by atoms with Crippen molar-refractivity contribution in [2.45, 2.75) is 51.3 Å². The lowest BCUT2D eigenvalue weighted by Crippen LogP contribution is -2.36. The minimum atomic E-state index is -0.467. The van der Waals surface area contributed by atoms with Crippen molar-refractivity contribution in [2.75, 3.05) is 19.5 Å². The summed E-state index contributed by atoms with van der Waals surface area (Å²) in [5, 5.41) is 12.8. The van der Waals surface area contributed by atoms with Crippen molar-refractivity contribution in [3.8, 4) is 11.5 Å². The lowest BCUT2D eigenvalue weighted by molar-refractivity contribution is -0.132. The zero-order valence-corrected chi connectivity index (χ0v) is 22.0. The first kappa shape index (κ1) is 25.7. The van der Waals surface area contributed by atoms with Gasteiger partial charge in [-0.25, -0.2) is 0 Å². The first-order valence-corrected chi connectivity index (χ1v) is 12.3. The second-order valence-electron chi connectivity index (χ2n) is 8.21. The number of amides is 1. The minimum absolute atomic E-state index is 0.200. The number of anilines is 1. The van der Waals surface area contributed by atoms with Crippen LogP contribution >= 0.6 is 31.9 Å². The van der Waals surface area contributed by atoms with Gasteiger partial charge < -0.3 is 19.9 Å². The summed E-state index contributed by atoms with van der Waals surface area (Å²) in [6.07, 6.45) is 3.32. The zero-order chi connectivity index (χ0) is 24.1. The number of carbonyl (C=O) groups is 2. The maximum atomic E-state index is 13.1. The molecule has 0 atom stereocenters. The van der Waals surface area contributed by atoms with Crippen molar-refractivity contribution in [3.05, 3.63) is 50.4 Å². The fourth-order valence-corrected chi connectivity index (χ4v) is 5.43. The predicted octanol–water partition coefficient (Wildman–Crippen LogP) is 5.13. The predicted molar refractivity (Wildman–Crippen MR) is 134 cm³/mol. The van der Waals surface area contributed by atoms with E-state index in [4.69, 9.17) is 9.47 Å². The molecule has 1 saturated carbocycles. The number of benzene rings is 2. The molecule has 1 fully saturated rings. The summed E-state index contributed by atoms with van der Waals surface area (Å²) in [5.74, 6) is -0.223. The van der Waals surface area contributed by atoms with Crippen LogP contribution in [-0.4, -0.2) is 48.2 Å². The second-order valence-corrected chi connectivity index (χ2v) is 9.98. The van der Waals surface area contributed by atoms with Crippen LogP contribution in [0, 0.1) is 0 Å². The standard InChI is InChI=1S/C24H28Br2N2O5/c1-14(29)33-21-9-4-15(11-22(21)32-3)24(31)27-23-16(10-17(25)12-20(23)26)13-28(2)18-5-7-19(30)8-6-18/h4,9-12,18-19,30H,5-8,13H2,1-3H3,(H,27,31)/t18-,19-. The van der Waals surface area contributed by atoms with Gasteiger partial charge in [-0.15, -0.1) is 0 Å². The SMILES string of the molecule is COc1cc(C(=O)Nc2c(Br)cc(Br)cc2CN(C)[C@H]2CC[C@H](O)CC2)ccc1OC(C)=O. The molecular formula is C24H28Br2N2O5. The van der Waals surface area contributed by atoms with Gasteiger partial charge in [0.25, 0.3) is 5.91 Å². The quantitative estimate of drug-likeness (QED) is 0.347. The number of aliphatic hydroxyl groups is 1. The fourth-order valence-electron chi connectivity index (χ4n) is 4.02. The highest BCUT2D eigenvalue weighted by atomic mass is 79.9. The highest BCUT2D eigenvalue weighted by Gasteiger charge is 2.24. The van der Waals surface area contributed by atoms with Crippen LogP contribution in [-0.2, 0) is 11.3 Å². The van der Waals surface area contributed by atoms with E-state index in [-0.39, 0.29) is 17.8 Å². The normalized spacial score (nSPS) is 18.2. The van der Waals surface area contributed by atoms with E-state index >= 15 is 0 Å². The number of hydrogen-bond acceptors (Lipinski definition) is 6. The van der Waals surface area contributed by atoms with Crippen LogP contribution in [0.3, 0.4) is 0 Å². The molecule has 3 rings (SSSR count). The Labute approximate surface area is 210 Å². The van der Waals surface area contributed by atoms with E-state index < -0.39 is 5.97 Å². The Hall–Kier alpha value is -1.94. The average molecular weight is 584 g/mol. The van der Waals surface area contributed by atoms with Gasteiger partial charge in [-0.05, 0) is 84.6 Å². The summed E-state index contributed by atoms with van der Waals surface area (Å²) in [5.41, 5.74) is 2.02. The van der Waals surface area contributed by atoms with E-state index in [0.717, 1.165) is 40.2 Å². The van der Waals surface area contributed by atoms with Crippen molar-refractivity contribution in [2.24, 2.45) is 0 Å². The third kappa shape index (κ3) is 6.79. The van der Waals surface area contributed by atoms with Gasteiger partial charge in [0.15, 0.2) is 11.5 Å². The molecule has 0 heterocycles. The molecule has 0 aliphatic heterocycles. The number of rotatable bonds is 7. The molecule has 33 heavy (non-hydrogen) atoms. The van der Waals surface area contributed by atoms with Gasteiger partial charge in [0, 0.05) is 34.0 Å². The van der Waals surface area contributed by atoms with E-state index in [0.29, 0.717) is 29.6 Å². The van der Waals surface area contributed by atoms with Gasteiger partial charge >= 0.3 is 5.97 Å². The van der Waals surface area contributed by atoms with Gasteiger partial charge in [0.2, 0.25) is 0 Å². The number of aliphatic hydroxyl groups excluding tert-OH is 1. The van der Waals surface area contributed by atoms with Gasteiger partial charge in [0.1, 0.15) is 0 Å². The molecule has 178 valence electrons. The van der Waals surface area contributed by atoms with Crippen LogP contribution < -0.4 is 14.8 Å². The topological polar surface area (TPSA) is 88.1 Å². The van der Waals surface area contributed by atoms with E-state index in [9.17, 15) is 14.7 Å². The van der Waals surface area contributed by atoms with Crippen LogP contribution in [0.4, 0.5) is 5.69 Å². The number of esters is 1. The van der Waals surface area contributed by atoms with Crippen molar-refractivity contribution in [1.29, 1.82) is 0 Å². The highest BCUT2D eigenvalue weighted by molar-refractivity contribution is 9.11. The first-order valence-electron chi connectivity index (χ1n) is 10.7. The molecule has 0 unspecified atom stereocenters. The number of hydrogen-bond donors (Lipinski definition) is 2. The van der Waals surface area contributed by atoms with Crippen LogP contribution in [0.5, 0.6) is 11.5 Å². The van der Waals surface area contributed by atoms with Crippen molar-refractivity contribution in [1.82, 2.24) is 4.90 Å². The van der Waals surface area contributed by atoms with E-state index in [2.05, 4.69) is 49.1 Å². The molecule has 0 saturated heterocycles. The second kappa shape index (κ2) is 11.5. The summed E-state index contributed by atoms with van der Waals surface area (Å²) in [6.45, 7) is 1.95. The molecule has 0 aromatic heterocycles. The Morgan fingerprint density at radius 2 is 1.82 bits per heavy atom. The third-order valence-corrected chi connectivity index (χ3v) is 6.85. The smallest absolute Gasteiger partial charge is 0.308 e. The Morgan fingerprint density at radius 3 is 2.45 bits per heavy atom. The molecule has 2 N–H and O–H groups in total. The molecule has 0 spiro atoms. The Bertz CT molecular complexity index is 1020. The number of nitrogens with zero attached hydrogens (tertiary/aromatic N) is 1. The van der Waals surface area contributed by atoms with Crippen LogP contribution in [0.25, 0.3) is 0 Å². The van der Waals surface area contributed by atoms with Crippen LogP contribution in [0.2, 0.25) is 0 Å². The van der Waals surface area contributed by atoms with Crippen LogP contribution in [0.15, 0.2) is 39.3 Å². The Kier molecular flexibility index (Phi) is 8.92. The van der Waals surface area contributed by atoms with Gasteiger partial charge in [-0.3, -0.25) is 14.5 Å². The fraction of sp³-hybridized carbons (Fsp3) is 0.417. The molecule has 0 radical (unpaired) electrons. The molecule has 2 aromatic rings. The van der Waals surface area contributed by atoms with E-state index in [1.165, 1.54) is 20.1 Å². The molecule has 1 aliphatic rings. The molecular weight excluding hydrogens is 556 g/mol. The van der Waals surface area contributed by atoms with E-state index in [1.54, 1.807) is 12.1 Å². The van der Waals surface area contributed by atoms with Crippen molar-refractivity contribution < 1.29 is 24.2 Å². The molecule has 9 heteroatoms. The molecule has 2 aromatic carbocycles. The first-order chi connectivity index (χ1) is 15.7. The lowest BCUT2D eigenvalue weighted by atomic mass is 9.92. The third-order valence-electron chi connectivity index (χ3n) is 5.76.